The summed E-state index contributed by atoms with van der Waals surface area (Å²) in [4.78, 5) is 11.6. The molecule has 1 aromatic rings. The fourth-order valence-corrected chi connectivity index (χ4v) is 2.07. The van der Waals surface area contributed by atoms with Crippen LogP contribution in [0.5, 0.6) is 0 Å². The molecule has 1 aromatic carbocycles. The van der Waals surface area contributed by atoms with Crippen molar-refractivity contribution in [2.24, 2.45) is 0 Å². The van der Waals surface area contributed by atoms with Gasteiger partial charge < -0.3 is 0 Å². The zero-order valence-corrected chi connectivity index (χ0v) is 10.5. The van der Waals surface area contributed by atoms with Gasteiger partial charge in [-0.1, -0.05) is 6.07 Å². The van der Waals surface area contributed by atoms with Crippen molar-refractivity contribution in [3.8, 4) is 0 Å². The van der Waals surface area contributed by atoms with Crippen LogP contribution in [0.1, 0.15) is 22.3 Å². The molecule has 0 amide bonds. The maximum absolute atomic E-state index is 12.2. The first kappa shape index (κ1) is 14.4. The van der Waals surface area contributed by atoms with Gasteiger partial charge in [0.25, 0.3) is 0 Å². The Hall–Kier alpha value is -0.680. The summed E-state index contributed by atoms with van der Waals surface area (Å²) >= 11 is 5.25. The number of benzene rings is 1. The highest BCUT2D eigenvalue weighted by Gasteiger charge is 2.29. The molecule has 1 rings (SSSR count). The third kappa shape index (κ3) is 4.60. The zero-order valence-electron chi connectivity index (χ0n) is 8.97. The third-order valence-electron chi connectivity index (χ3n) is 2.04. The van der Waals surface area contributed by atoms with Gasteiger partial charge >= 0.3 is 5.51 Å². The molecule has 94 valence electrons. The van der Waals surface area contributed by atoms with Gasteiger partial charge in [-0.05, 0) is 36.4 Å². The molecule has 0 aromatic heterocycles. The van der Waals surface area contributed by atoms with Crippen molar-refractivity contribution in [1.82, 2.24) is 0 Å². The summed E-state index contributed by atoms with van der Waals surface area (Å²) in [5.41, 5.74) is -3.48. The van der Waals surface area contributed by atoms with Gasteiger partial charge in [0.2, 0.25) is 0 Å². The van der Waals surface area contributed by atoms with E-state index < -0.39 is 5.51 Å². The minimum atomic E-state index is -4.31. The molecule has 0 heterocycles. The molecule has 1 nitrogen and oxygen atoms in total. The number of hydrogen-bond donors (Lipinski definition) is 0. The van der Waals surface area contributed by atoms with Crippen LogP contribution in [-0.2, 0) is 0 Å². The number of carbonyl (C=O) groups excluding carboxylic acids is 1. The largest absolute Gasteiger partial charge is 0.446 e. The van der Waals surface area contributed by atoms with Crippen molar-refractivity contribution >= 4 is 29.1 Å². The molecule has 17 heavy (non-hydrogen) atoms. The van der Waals surface area contributed by atoms with E-state index in [2.05, 4.69) is 0 Å². The average molecular weight is 283 g/mol. The van der Waals surface area contributed by atoms with Crippen LogP contribution in [0.3, 0.4) is 0 Å². The molecular formula is C11H10ClF3OS. The molecule has 0 radical (unpaired) electrons. The second kappa shape index (κ2) is 5.78. The van der Waals surface area contributed by atoms with Gasteiger partial charge in [0.15, 0.2) is 5.78 Å². The Morgan fingerprint density at radius 3 is 2.53 bits per heavy atom. The van der Waals surface area contributed by atoms with E-state index in [1.807, 2.05) is 0 Å². The highest BCUT2D eigenvalue weighted by Crippen LogP contribution is 2.38. The molecule has 0 saturated carbocycles. The van der Waals surface area contributed by atoms with Gasteiger partial charge in [-0.3, -0.25) is 4.79 Å². The summed E-state index contributed by atoms with van der Waals surface area (Å²) in [7, 11) is 0. The Balaban J connectivity index is 2.90. The lowest BCUT2D eigenvalue weighted by Crippen LogP contribution is -2.03. The monoisotopic (exact) mass is 282 g/mol. The van der Waals surface area contributed by atoms with Crippen molar-refractivity contribution in [3.05, 3.63) is 29.3 Å². The maximum Gasteiger partial charge on any atom is 0.446 e. The van der Waals surface area contributed by atoms with E-state index in [9.17, 15) is 18.0 Å². The van der Waals surface area contributed by atoms with E-state index >= 15 is 0 Å². The van der Waals surface area contributed by atoms with E-state index in [4.69, 9.17) is 11.6 Å². The Kier molecular flexibility index (Phi) is 4.89. The first-order valence-electron chi connectivity index (χ1n) is 4.79. The van der Waals surface area contributed by atoms with Crippen molar-refractivity contribution in [3.63, 3.8) is 0 Å². The maximum atomic E-state index is 12.2. The average Bonchev–Trinajstić information content (AvgIpc) is 2.19. The Labute approximate surface area is 106 Å². The quantitative estimate of drug-likeness (QED) is 0.462. The Bertz CT molecular complexity index is 418. The van der Waals surface area contributed by atoms with Gasteiger partial charge in [0.05, 0.1) is 0 Å². The normalized spacial score (nSPS) is 11.6. The van der Waals surface area contributed by atoms with Gasteiger partial charge in [-0.15, -0.1) is 11.6 Å². The molecule has 0 aliphatic carbocycles. The van der Waals surface area contributed by atoms with Crippen LogP contribution in [0.2, 0.25) is 0 Å². The number of ketones is 1. The SMILES string of the molecule is Cc1cc(C(=O)CCCl)ccc1SC(F)(F)F. The van der Waals surface area contributed by atoms with Crippen LogP contribution in [0, 0.1) is 6.92 Å². The molecule has 0 spiro atoms. The van der Waals surface area contributed by atoms with Gasteiger partial charge in [0.1, 0.15) is 0 Å². The highest BCUT2D eigenvalue weighted by molar-refractivity contribution is 8.00. The molecule has 0 atom stereocenters. The van der Waals surface area contributed by atoms with E-state index in [1.54, 1.807) is 6.92 Å². The highest BCUT2D eigenvalue weighted by atomic mass is 35.5. The number of rotatable bonds is 4. The van der Waals surface area contributed by atoms with Crippen molar-refractivity contribution in [2.45, 2.75) is 23.7 Å². The number of Topliss-reactive ketones (excluding diaryl/α,β-unsaturated/α-hetero) is 1. The van der Waals surface area contributed by atoms with Crippen molar-refractivity contribution in [2.75, 3.05) is 5.88 Å². The second-order valence-corrected chi connectivity index (χ2v) is 4.88. The number of halogens is 4. The van der Waals surface area contributed by atoms with E-state index in [0.717, 1.165) is 0 Å². The van der Waals surface area contributed by atoms with E-state index in [-0.39, 0.29) is 34.7 Å². The summed E-state index contributed by atoms with van der Waals surface area (Å²) in [6, 6.07) is 4.17. The predicted molar refractivity (Wildman–Crippen MR) is 62.8 cm³/mol. The van der Waals surface area contributed by atoms with E-state index in [0.29, 0.717) is 11.1 Å². The predicted octanol–water partition coefficient (Wildman–Crippen LogP) is 4.42. The topological polar surface area (TPSA) is 17.1 Å². The summed E-state index contributed by atoms with van der Waals surface area (Å²) < 4.78 is 36.5. The van der Waals surface area contributed by atoms with Crippen LogP contribution >= 0.6 is 23.4 Å². The molecule has 0 fully saturated rings. The first-order chi connectivity index (χ1) is 7.83. The summed E-state index contributed by atoms with van der Waals surface area (Å²) in [6.45, 7) is 1.55. The molecule has 0 saturated heterocycles. The fourth-order valence-electron chi connectivity index (χ4n) is 1.29. The summed E-state index contributed by atoms with van der Waals surface area (Å²) in [6.07, 6.45) is 0.187. The molecule has 0 bridgehead atoms. The van der Waals surface area contributed by atoms with Crippen LogP contribution in [0.15, 0.2) is 23.1 Å². The lowest BCUT2D eigenvalue weighted by Gasteiger charge is -2.09. The summed E-state index contributed by atoms with van der Waals surface area (Å²) in [5, 5.41) is 0. The molecule has 6 heteroatoms. The van der Waals surface area contributed by atoms with Gasteiger partial charge in [0, 0.05) is 22.8 Å². The molecule has 0 unspecified atom stereocenters. The smallest absolute Gasteiger partial charge is 0.294 e. The van der Waals surface area contributed by atoms with Crippen molar-refractivity contribution in [1.29, 1.82) is 0 Å². The van der Waals surface area contributed by atoms with Crippen LogP contribution in [0.25, 0.3) is 0 Å². The fraction of sp³-hybridized carbons (Fsp3) is 0.364. The third-order valence-corrected chi connectivity index (χ3v) is 3.14. The Morgan fingerprint density at radius 2 is 2.06 bits per heavy atom. The first-order valence-corrected chi connectivity index (χ1v) is 6.14. The molecular weight excluding hydrogens is 273 g/mol. The van der Waals surface area contributed by atoms with Crippen LogP contribution < -0.4 is 0 Å². The minimum Gasteiger partial charge on any atom is -0.294 e. The van der Waals surface area contributed by atoms with E-state index in [1.165, 1.54) is 18.2 Å². The van der Waals surface area contributed by atoms with Gasteiger partial charge in [-0.2, -0.15) is 13.2 Å². The van der Waals surface area contributed by atoms with Gasteiger partial charge in [-0.25, -0.2) is 0 Å². The van der Waals surface area contributed by atoms with Crippen LogP contribution in [-0.4, -0.2) is 17.2 Å². The Morgan fingerprint density at radius 1 is 1.41 bits per heavy atom. The molecule has 0 N–H and O–H groups in total. The lowest BCUT2D eigenvalue weighted by molar-refractivity contribution is -0.0328. The number of carbonyl (C=O) groups is 1. The second-order valence-electron chi connectivity index (χ2n) is 3.39. The standard InChI is InChI=1S/C11H10ClF3OS/c1-7-6-8(9(16)4-5-12)2-3-10(7)17-11(13,14)15/h2-3,6H,4-5H2,1H3. The van der Waals surface area contributed by atoms with Crippen LogP contribution in [0.4, 0.5) is 13.2 Å². The number of aryl methyl sites for hydroxylation is 1. The molecule has 0 aliphatic heterocycles. The lowest BCUT2D eigenvalue weighted by atomic mass is 10.1. The van der Waals surface area contributed by atoms with Crippen molar-refractivity contribution < 1.29 is 18.0 Å². The molecule has 0 aliphatic rings. The summed E-state index contributed by atoms with van der Waals surface area (Å²) in [5.74, 6) is 0.0448. The minimum absolute atomic E-state index is 0.111. The zero-order chi connectivity index (χ0) is 13.1. The number of alkyl halides is 4. The number of hydrogen-bond acceptors (Lipinski definition) is 2. The number of thioether (sulfide) groups is 1.